The van der Waals surface area contributed by atoms with Crippen molar-refractivity contribution in [2.45, 2.75) is 0 Å². The minimum absolute atomic E-state index is 0.276. The molecule has 0 bridgehead atoms. The van der Waals surface area contributed by atoms with Crippen molar-refractivity contribution in [1.82, 2.24) is 9.80 Å². The van der Waals surface area contributed by atoms with Gasteiger partial charge in [0.15, 0.2) is 0 Å². The fourth-order valence-electron chi connectivity index (χ4n) is 3.63. The van der Waals surface area contributed by atoms with E-state index in [1.807, 2.05) is 0 Å². The normalized spacial score (nSPS) is 18.6. The van der Waals surface area contributed by atoms with Crippen LogP contribution in [0.4, 0.5) is 8.78 Å². The van der Waals surface area contributed by atoms with Gasteiger partial charge in [0.25, 0.3) is 0 Å². The van der Waals surface area contributed by atoms with E-state index in [2.05, 4.69) is 16.8 Å². The van der Waals surface area contributed by atoms with Crippen LogP contribution in [0.3, 0.4) is 0 Å². The molecular formula is C21H22F2N2O. The van der Waals surface area contributed by atoms with E-state index in [4.69, 9.17) is 4.74 Å². The van der Waals surface area contributed by atoms with Gasteiger partial charge in [-0.1, -0.05) is 12.1 Å². The Bertz CT molecular complexity index is 824. The summed E-state index contributed by atoms with van der Waals surface area (Å²) < 4.78 is 33.2. The Kier molecular flexibility index (Phi) is 4.74. The molecule has 136 valence electrons. The zero-order valence-corrected chi connectivity index (χ0v) is 14.8. The molecule has 0 atom stereocenters. The highest BCUT2D eigenvalue weighted by Gasteiger charge is 2.24. The van der Waals surface area contributed by atoms with Gasteiger partial charge >= 0.3 is 0 Å². The predicted molar refractivity (Wildman–Crippen MR) is 98.3 cm³/mol. The van der Waals surface area contributed by atoms with Crippen LogP contribution in [0.2, 0.25) is 0 Å². The molecule has 26 heavy (non-hydrogen) atoms. The highest BCUT2D eigenvalue weighted by atomic mass is 19.1. The van der Waals surface area contributed by atoms with E-state index in [1.165, 1.54) is 24.3 Å². The summed E-state index contributed by atoms with van der Waals surface area (Å²) in [6, 6.07) is 11.0. The first-order valence-electron chi connectivity index (χ1n) is 8.92. The molecule has 0 saturated carbocycles. The fraction of sp³-hybridized carbons (Fsp3) is 0.333. The number of ether oxygens (including phenoxy) is 1. The number of nitrogens with zero attached hydrogens (tertiary/aromatic N) is 2. The second-order valence-electron chi connectivity index (χ2n) is 6.99. The lowest BCUT2D eigenvalue weighted by molar-refractivity contribution is 0.160. The van der Waals surface area contributed by atoms with Crippen LogP contribution in [-0.4, -0.2) is 56.2 Å². The van der Waals surface area contributed by atoms with Crippen LogP contribution in [0.25, 0.3) is 5.57 Å². The summed E-state index contributed by atoms with van der Waals surface area (Å²) in [6.45, 7) is 5.30. The van der Waals surface area contributed by atoms with Crippen molar-refractivity contribution in [3.05, 3.63) is 70.8 Å². The maximum absolute atomic E-state index is 13.9. The maximum atomic E-state index is 13.9. The molecule has 2 heterocycles. The first-order valence-corrected chi connectivity index (χ1v) is 8.92. The summed E-state index contributed by atoms with van der Waals surface area (Å²) in [5.74, 6) is 0.0992. The van der Waals surface area contributed by atoms with Crippen molar-refractivity contribution in [1.29, 1.82) is 0 Å². The molecule has 0 N–H and O–H groups in total. The second-order valence-corrected chi connectivity index (χ2v) is 6.99. The molecule has 3 nitrogen and oxygen atoms in total. The molecule has 5 heteroatoms. The SMILES string of the molecule is CN1CCN(CC2=C(c3ccc(F)cc3)c3cc(F)ccc3OC2)CC1. The zero-order chi connectivity index (χ0) is 18.1. The smallest absolute Gasteiger partial charge is 0.127 e. The van der Waals surface area contributed by atoms with Gasteiger partial charge in [0.2, 0.25) is 0 Å². The zero-order valence-electron chi connectivity index (χ0n) is 14.8. The van der Waals surface area contributed by atoms with Gasteiger partial charge in [-0.25, -0.2) is 8.78 Å². The summed E-state index contributed by atoms with van der Waals surface area (Å²) in [4.78, 5) is 4.71. The Balaban J connectivity index is 1.75. The van der Waals surface area contributed by atoms with E-state index in [9.17, 15) is 8.78 Å². The van der Waals surface area contributed by atoms with Crippen LogP contribution < -0.4 is 4.74 Å². The number of hydrogen-bond acceptors (Lipinski definition) is 3. The lowest BCUT2D eigenvalue weighted by atomic mass is 9.90. The third-order valence-corrected chi connectivity index (χ3v) is 5.11. The molecule has 2 aliphatic heterocycles. The topological polar surface area (TPSA) is 15.7 Å². The third-order valence-electron chi connectivity index (χ3n) is 5.11. The average molecular weight is 356 g/mol. The number of hydrogen-bond donors (Lipinski definition) is 0. The minimum Gasteiger partial charge on any atom is -0.489 e. The molecule has 0 aliphatic carbocycles. The quantitative estimate of drug-likeness (QED) is 0.838. The van der Waals surface area contributed by atoms with Crippen LogP contribution in [-0.2, 0) is 0 Å². The van der Waals surface area contributed by atoms with Gasteiger partial charge in [-0.05, 0) is 54.1 Å². The number of benzene rings is 2. The molecule has 0 radical (unpaired) electrons. The maximum Gasteiger partial charge on any atom is 0.127 e. The summed E-state index contributed by atoms with van der Waals surface area (Å²) in [5, 5.41) is 0. The van der Waals surface area contributed by atoms with Crippen LogP contribution in [0.5, 0.6) is 5.75 Å². The first kappa shape index (κ1) is 17.2. The molecule has 4 rings (SSSR count). The van der Waals surface area contributed by atoms with Crippen LogP contribution in [0, 0.1) is 11.6 Å². The van der Waals surface area contributed by atoms with Gasteiger partial charge in [-0.3, -0.25) is 4.90 Å². The molecule has 0 aromatic heterocycles. The first-order chi connectivity index (χ1) is 12.6. The Morgan fingerprint density at radius 3 is 2.35 bits per heavy atom. The molecule has 1 fully saturated rings. The summed E-state index contributed by atoms with van der Waals surface area (Å²) in [6.07, 6.45) is 0. The molecular weight excluding hydrogens is 334 g/mol. The summed E-state index contributed by atoms with van der Waals surface area (Å²) >= 11 is 0. The lowest BCUT2D eigenvalue weighted by Crippen LogP contribution is -2.45. The average Bonchev–Trinajstić information content (AvgIpc) is 2.64. The van der Waals surface area contributed by atoms with Crippen molar-refractivity contribution < 1.29 is 13.5 Å². The largest absolute Gasteiger partial charge is 0.489 e. The van der Waals surface area contributed by atoms with E-state index < -0.39 is 0 Å². The van der Waals surface area contributed by atoms with E-state index in [-0.39, 0.29) is 11.6 Å². The molecule has 0 spiro atoms. The molecule has 2 aromatic carbocycles. The summed E-state index contributed by atoms with van der Waals surface area (Å²) in [5.41, 5.74) is 3.71. The van der Waals surface area contributed by atoms with Gasteiger partial charge in [0.05, 0.1) is 0 Å². The van der Waals surface area contributed by atoms with Crippen molar-refractivity contribution >= 4 is 5.57 Å². The monoisotopic (exact) mass is 356 g/mol. The molecule has 1 saturated heterocycles. The fourth-order valence-corrected chi connectivity index (χ4v) is 3.63. The van der Waals surface area contributed by atoms with E-state index in [1.54, 1.807) is 18.2 Å². The highest BCUT2D eigenvalue weighted by molar-refractivity contribution is 5.86. The predicted octanol–water partition coefficient (Wildman–Crippen LogP) is 3.41. The Hall–Kier alpha value is -2.24. The van der Waals surface area contributed by atoms with Crippen molar-refractivity contribution in [2.75, 3.05) is 46.4 Å². The number of fused-ring (bicyclic) bond motifs is 1. The van der Waals surface area contributed by atoms with Crippen LogP contribution in [0.1, 0.15) is 11.1 Å². The molecule has 0 unspecified atom stereocenters. The lowest BCUT2D eigenvalue weighted by Gasteiger charge is -2.34. The molecule has 2 aromatic rings. The number of halogens is 2. The van der Waals surface area contributed by atoms with Crippen molar-refractivity contribution in [3.63, 3.8) is 0 Å². The van der Waals surface area contributed by atoms with Gasteiger partial charge < -0.3 is 9.64 Å². The number of piperazine rings is 1. The minimum atomic E-state index is -0.298. The van der Waals surface area contributed by atoms with Gasteiger partial charge in [0.1, 0.15) is 24.0 Å². The standard InChI is InChI=1S/C21H22F2N2O/c1-24-8-10-25(11-9-24)13-16-14-26-20-7-6-18(23)12-19(20)21(16)15-2-4-17(22)5-3-15/h2-7,12H,8-11,13-14H2,1H3. The van der Waals surface area contributed by atoms with Crippen molar-refractivity contribution in [2.24, 2.45) is 0 Å². The van der Waals surface area contributed by atoms with Crippen LogP contribution >= 0.6 is 0 Å². The Morgan fingerprint density at radius 1 is 0.923 bits per heavy atom. The van der Waals surface area contributed by atoms with E-state index in [0.717, 1.165) is 55.0 Å². The molecule has 2 aliphatic rings. The van der Waals surface area contributed by atoms with Crippen LogP contribution in [0.15, 0.2) is 48.0 Å². The molecule has 0 amide bonds. The van der Waals surface area contributed by atoms with Gasteiger partial charge in [-0.15, -0.1) is 0 Å². The van der Waals surface area contributed by atoms with Crippen molar-refractivity contribution in [3.8, 4) is 5.75 Å². The number of likely N-dealkylation sites (N-methyl/N-ethyl adjacent to an activating group) is 1. The highest BCUT2D eigenvalue weighted by Crippen LogP contribution is 2.38. The van der Waals surface area contributed by atoms with Gasteiger partial charge in [-0.2, -0.15) is 0 Å². The Labute approximate surface area is 152 Å². The van der Waals surface area contributed by atoms with Gasteiger partial charge in [0, 0.05) is 38.3 Å². The van der Waals surface area contributed by atoms with E-state index in [0.29, 0.717) is 12.4 Å². The Morgan fingerprint density at radius 2 is 1.62 bits per heavy atom. The third kappa shape index (κ3) is 3.50. The second kappa shape index (κ2) is 7.17. The number of rotatable bonds is 3. The van der Waals surface area contributed by atoms with E-state index >= 15 is 0 Å². The summed E-state index contributed by atoms with van der Waals surface area (Å²) in [7, 11) is 2.13.